The Bertz CT molecular complexity index is 25.7. The molecule has 0 rings (SSSR count). The Kier molecular flexibility index (Phi) is 5.51. The molecule has 0 aromatic carbocycles. The van der Waals surface area contributed by atoms with Crippen LogP contribution in [0.2, 0.25) is 13.3 Å². The van der Waals surface area contributed by atoms with E-state index >= 15 is 0 Å². The Labute approximate surface area is 54.0 Å². The van der Waals surface area contributed by atoms with E-state index < -0.39 is 19.8 Å². The van der Waals surface area contributed by atoms with Gasteiger partial charge in [0.1, 0.15) is 0 Å². The number of rotatable bonds is 3. The van der Waals surface area contributed by atoms with Crippen molar-refractivity contribution in [3.8, 4) is 0 Å². The summed E-state index contributed by atoms with van der Waals surface area (Å²) in [6.07, 6.45) is 0. The second kappa shape index (κ2) is 4.95. The molecule has 0 aliphatic rings. The Morgan fingerprint density at radius 3 is 1.14 bits per heavy atom. The van der Waals surface area contributed by atoms with Gasteiger partial charge in [-0.2, -0.15) is 0 Å². The van der Waals surface area contributed by atoms with E-state index in [1.807, 2.05) is 0 Å². The molecule has 0 aromatic rings. The van der Waals surface area contributed by atoms with Crippen molar-refractivity contribution in [1.29, 1.82) is 0 Å². The fourth-order valence-corrected chi connectivity index (χ4v) is 5.03. The van der Waals surface area contributed by atoms with E-state index in [-0.39, 0.29) is 0 Å². The van der Waals surface area contributed by atoms with Crippen LogP contribution in [0, 0.1) is 0 Å². The molecule has 0 atom stereocenters. The summed E-state index contributed by atoms with van der Waals surface area (Å²) in [7, 11) is 0. The summed E-state index contributed by atoms with van der Waals surface area (Å²) in [6.45, 7) is 7.05. The maximum atomic E-state index is 2.35. The van der Waals surface area contributed by atoms with Gasteiger partial charge in [0.2, 0.25) is 0 Å². The van der Waals surface area contributed by atoms with Crippen LogP contribution in [-0.2, 0) is 0 Å². The monoisotopic (exact) mass is 207 g/mol. The number of hydrogen-bond donors (Lipinski definition) is 0. The van der Waals surface area contributed by atoms with Crippen LogP contribution in [0.25, 0.3) is 0 Å². The van der Waals surface area contributed by atoms with Crippen molar-refractivity contribution in [2.24, 2.45) is 0 Å². The second-order valence-corrected chi connectivity index (χ2v) is 12.1. The van der Waals surface area contributed by atoms with Gasteiger partial charge in [-0.25, -0.2) is 0 Å². The van der Waals surface area contributed by atoms with E-state index in [1.165, 1.54) is 0 Å². The predicted molar refractivity (Wildman–Crippen MR) is 37.2 cm³/mol. The molecule has 0 unspecified atom stereocenters. The van der Waals surface area contributed by atoms with Crippen molar-refractivity contribution < 1.29 is 0 Å². The second-order valence-electron chi connectivity index (χ2n) is 1.81. The molecule has 0 N–H and O–H groups in total. The van der Waals surface area contributed by atoms with Crippen LogP contribution in [-0.4, -0.2) is 19.8 Å². The van der Waals surface area contributed by atoms with Crippen LogP contribution < -0.4 is 0 Å². The third kappa shape index (κ3) is 3.39. The Hall–Kier alpha value is 0.799. The van der Waals surface area contributed by atoms with Crippen molar-refractivity contribution in [2.45, 2.75) is 34.1 Å². The average molecular weight is 206 g/mol. The Morgan fingerprint density at radius 2 is 1.14 bits per heavy atom. The van der Waals surface area contributed by atoms with Crippen LogP contribution in [0.15, 0.2) is 0 Å². The zero-order chi connectivity index (χ0) is 5.70. The Morgan fingerprint density at radius 1 is 0.857 bits per heavy atom. The molecule has 0 bridgehead atoms. The van der Waals surface area contributed by atoms with E-state index in [0.717, 1.165) is 0 Å². The van der Waals surface area contributed by atoms with Crippen LogP contribution in [0.5, 0.6) is 0 Å². The third-order valence-corrected chi connectivity index (χ3v) is 10.1. The van der Waals surface area contributed by atoms with Gasteiger partial charge < -0.3 is 0 Å². The molecule has 0 heterocycles. The van der Waals surface area contributed by atoms with Gasteiger partial charge in [-0.05, 0) is 0 Å². The summed E-state index contributed by atoms with van der Waals surface area (Å²) in [6, 6.07) is 0. The summed E-state index contributed by atoms with van der Waals surface area (Å²) < 4.78 is 4.65. The zero-order valence-electron chi connectivity index (χ0n) is 5.62. The van der Waals surface area contributed by atoms with Crippen LogP contribution in [0.1, 0.15) is 20.8 Å². The molecule has 1 heteroatoms. The van der Waals surface area contributed by atoms with Crippen molar-refractivity contribution in [1.82, 2.24) is 0 Å². The fraction of sp³-hybridized carbons (Fsp3) is 1.00. The van der Waals surface area contributed by atoms with Crippen LogP contribution in [0.4, 0.5) is 0 Å². The molecular weight excluding hydrogens is 191 g/mol. The van der Waals surface area contributed by atoms with E-state index in [1.54, 1.807) is 13.3 Å². The molecule has 7 heavy (non-hydrogen) atoms. The van der Waals surface area contributed by atoms with E-state index in [9.17, 15) is 0 Å². The molecule has 0 aromatic heterocycles. The fourth-order valence-electron chi connectivity index (χ4n) is 0.750. The molecule has 0 nitrogen and oxygen atoms in total. The molecule has 0 saturated heterocycles. The van der Waals surface area contributed by atoms with Crippen molar-refractivity contribution in [3.63, 3.8) is 0 Å². The summed E-state index contributed by atoms with van der Waals surface area (Å²) in [4.78, 5) is 0. The summed E-state index contributed by atoms with van der Waals surface area (Å²) in [5, 5.41) is 0. The first-order chi connectivity index (χ1) is 3.35. The molecular formula is C6H15Sn-. The molecule has 0 fully saturated rings. The van der Waals surface area contributed by atoms with E-state index in [4.69, 9.17) is 0 Å². The molecule has 0 aliphatic heterocycles. The summed E-state index contributed by atoms with van der Waals surface area (Å²) in [5.41, 5.74) is 0. The first kappa shape index (κ1) is 7.80. The van der Waals surface area contributed by atoms with Gasteiger partial charge in [-0.3, -0.25) is 0 Å². The van der Waals surface area contributed by atoms with Crippen LogP contribution in [0.3, 0.4) is 0 Å². The van der Waals surface area contributed by atoms with E-state index in [2.05, 4.69) is 20.8 Å². The average Bonchev–Trinajstić information content (AvgIpc) is 1.72. The van der Waals surface area contributed by atoms with Gasteiger partial charge in [-0.1, -0.05) is 0 Å². The van der Waals surface area contributed by atoms with E-state index in [0.29, 0.717) is 0 Å². The third-order valence-electron chi connectivity index (χ3n) is 1.50. The predicted octanol–water partition coefficient (Wildman–Crippen LogP) is 2.54. The van der Waals surface area contributed by atoms with Crippen molar-refractivity contribution in [2.75, 3.05) is 0 Å². The summed E-state index contributed by atoms with van der Waals surface area (Å²) in [5.74, 6) is 0. The van der Waals surface area contributed by atoms with Crippen molar-refractivity contribution >= 4 is 19.8 Å². The molecule has 0 saturated carbocycles. The maximum absolute atomic E-state index is 2.35. The van der Waals surface area contributed by atoms with Gasteiger partial charge in [0, 0.05) is 0 Å². The molecule has 0 amide bonds. The number of hydrogen-bond acceptors (Lipinski definition) is 0. The minimum atomic E-state index is -0.653. The van der Waals surface area contributed by atoms with Gasteiger partial charge in [0.25, 0.3) is 0 Å². The first-order valence-electron chi connectivity index (χ1n) is 3.18. The first-order valence-corrected chi connectivity index (χ1v) is 9.24. The summed E-state index contributed by atoms with van der Waals surface area (Å²) >= 11 is -0.653. The SMILES string of the molecule is C[CH2][Sn-]([CH2]C)[CH2]C. The Balaban J connectivity index is 2.99. The minimum absolute atomic E-state index is 0.653. The molecule has 44 valence electrons. The van der Waals surface area contributed by atoms with Crippen LogP contribution >= 0.6 is 0 Å². The van der Waals surface area contributed by atoms with Gasteiger partial charge in [0.05, 0.1) is 0 Å². The quantitative estimate of drug-likeness (QED) is 0.622. The normalized spacial score (nSPS) is 10.3. The van der Waals surface area contributed by atoms with Gasteiger partial charge >= 0.3 is 53.8 Å². The molecule has 0 spiro atoms. The zero-order valence-corrected chi connectivity index (χ0v) is 8.48. The topological polar surface area (TPSA) is 0 Å². The standard InChI is InChI=1S/3C2H5.Sn/c3*1-2;/h3*1H2,2H3;/q;;;-1. The van der Waals surface area contributed by atoms with Crippen molar-refractivity contribution in [3.05, 3.63) is 0 Å². The molecule has 0 aliphatic carbocycles. The van der Waals surface area contributed by atoms with Gasteiger partial charge in [0.15, 0.2) is 0 Å². The molecule has 0 radical (unpaired) electrons. The van der Waals surface area contributed by atoms with Gasteiger partial charge in [-0.15, -0.1) is 0 Å².